The van der Waals surface area contributed by atoms with E-state index in [9.17, 15) is 18.0 Å². The summed E-state index contributed by atoms with van der Waals surface area (Å²) in [6, 6.07) is 0. The zero-order chi connectivity index (χ0) is 12.4. The van der Waals surface area contributed by atoms with Crippen LogP contribution in [0.1, 0.15) is 6.42 Å². The summed E-state index contributed by atoms with van der Waals surface area (Å²) in [5.41, 5.74) is -1.85. The van der Waals surface area contributed by atoms with Crippen LogP contribution in [0.25, 0.3) is 0 Å². The van der Waals surface area contributed by atoms with Crippen molar-refractivity contribution in [3.63, 3.8) is 0 Å². The third kappa shape index (κ3) is 2.27. The van der Waals surface area contributed by atoms with Gasteiger partial charge in [0.25, 0.3) is 0 Å². The van der Waals surface area contributed by atoms with Gasteiger partial charge in [0, 0.05) is 7.11 Å². The number of aliphatic carboxylic acids is 1. The lowest BCUT2D eigenvalue weighted by atomic mass is 9.81. The Morgan fingerprint density at radius 1 is 1.50 bits per heavy atom. The number of hydrogen-bond acceptors (Lipinski definition) is 2. The number of methoxy groups -OCH3 is 1. The van der Waals surface area contributed by atoms with Gasteiger partial charge in [0.15, 0.2) is 5.92 Å². The number of carbonyl (C=O) groups is 1. The van der Waals surface area contributed by atoms with Crippen molar-refractivity contribution in [1.29, 1.82) is 0 Å². The van der Waals surface area contributed by atoms with E-state index in [0.29, 0.717) is 0 Å². The minimum Gasteiger partial charge on any atom is -0.481 e. The molecule has 1 aliphatic carbocycles. The largest absolute Gasteiger partial charge is 0.481 e. The summed E-state index contributed by atoms with van der Waals surface area (Å²) >= 11 is 0. The van der Waals surface area contributed by atoms with E-state index in [0.717, 1.165) is 13.2 Å². The SMILES string of the molecule is CO[C@]1(C(C(=O)O)C(F)(F)F)C=CC=CC1. The Labute approximate surface area is 90.2 Å². The molecule has 0 bridgehead atoms. The van der Waals surface area contributed by atoms with Gasteiger partial charge in [0.05, 0.1) is 0 Å². The summed E-state index contributed by atoms with van der Waals surface area (Å²) in [5.74, 6) is -4.50. The Balaban J connectivity index is 3.14. The molecule has 16 heavy (non-hydrogen) atoms. The minimum atomic E-state index is -4.85. The zero-order valence-corrected chi connectivity index (χ0v) is 8.49. The summed E-state index contributed by atoms with van der Waals surface area (Å²) in [6.45, 7) is 0. The molecule has 1 aliphatic rings. The van der Waals surface area contributed by atoms with Crippen molar-refractivity contribution in [1.82, 2.24) is 0 Å². The van der Waals surface area contributed by atoms with E-state index < -0.39 is 23.7 Å². The number of carboxylic acids is 1. The highest BCUT2D eigenvalue weighted by Crippen LogP contribution is 2.41. The highest BCUT2D eigenvalue weighted by atomic mass is 19.4. The van der Waals surface area contributed by atoms with Crippen LogP contribution in [0.15, 0.2) is 24.3 Å². The van der Waals surface area contributed by atoms with Gasteiger partial charge < -0.3 is 9.84 Å². The van der Waals surface area contributed by atoms with E-state index in [1.54, 1.807) is 6.08 Å². The maximum Gasteiger partial charge on any atom is 0.405 e. The molecule has 1 N–H and O–H groups in total. The quantitative estimate of drug-likeness (QED) is 0.816. The maximum absolute atomic E-state index is 12.7. The molecule has 0 aromatic heterocycles. The first kappa shape index (κ1) is 12.8. The molecule has 1 unspecified atom stereocenters. The van der Waals surface area contributed by atoms with E-state index in [4.69, 9.17) is 9.84 Å². The van der Waals surface area contributed by atoms with Crippen LogP contribution in [0.5, 0.6) is 0 Å². The van der Waals surface area contributed by atoms with Crippen molar-refractivity contribution in [2.45, 2.75) is 18.2 Å². The van der Waals surface area contributed by atoms with E-state index in [2.05, 4.69) is 0 Å². The molecule has 3 nitrogen and oxygen atoms in total. The van der Waals surface area contributed by atoms with Crippen molar-refractivity contribution >= 4 is 5.97 Å². The third-order valence-corrected chi connectivity index (χ3v) is 2.51. The molecule has 0 radical (unpaired) electrons. The molecule has 0 fully saturated rings. The fourth-order valence-electron chi connectivity index (χ4n) is 1.73. The molecule has 0 heterocycles. The van der Waals surface area contributed by atoms with Crippen LogP contribution < -0.4 is 0 Å². The Hall–Kier alpha value is -1.30. The third-order valence-electron chi connectivity index (χ3n) is 2.51. The van der Waals surface area contributed by atoms with Crippen molar-refractivity contribution in [3.05, 3.63) is 24.3 Å². The van der Waals surface area contributed by atoms with Crippen LogP contribution >= 0.6 is 0 Å². The van der Waals surface area contributed by atoms with E-state index in [1.807, 2.05) is 0 Å². The molecule has 1 rings (SSSR count). The predicted octanol–water partition coefficient (Wildman–Crippen LogP) is 2.15. The van der Waals surface area contributed by atoms with Gasteiger partial charge in [-0.2, -0.15) is 13.2 Å². The van der Waals surface area contributed by atoms with Gasteiger partial charge in [0.1, 0.15) is 5.60 Å². The van der Waals surface area contributed by atoms with Gasteiger partial charge in [-0.25, -0.2) is 0 Å². The molecule has 0 aromatic rings. The number of alkyl halides is 3. The molecule has 0 aromatic carbocycles. The van der Waals surface area contributed by atoms with Crippen molar-refractivity contribution in [2.75, 3.05) is 7.11 Å². The Bertz CT molecular complexity index is 333. The second-order valence-corrected chi connectivity index (χ2v) is 3.46. The second kappa shape index (κ2) is 4.29. The average Bonchev–Trinajstić information content (AvgIpc) is 2.16. The minimum absolute atomic E-state index is 0.115. The first-order valence-corrected chi connectivity index (χ1v) is 4.52. The summed E-state index contributed by atoms with van der Waals surface area (Å²) in [7, 11) is 1.07. The molecule has 0 saturated carbocycles. The van der Waals surface area contributed by atoms with Crippen molar-refractivity contribution in [3.8, 4) is 0 Å². The summed E-state index contributed by atoms with van der Waals surface area (Å²) in [6.07, 6.45) is 0.527. The molecule has 0 saturated heterocycles. The number of rotatable bonds is 3. The molecule has 0 spiro atoms. The van der Waals surface area contributed by atoms with E-state index >= 15 is 0 Å². The van der Waals surface area contributed by atoms with Gasteiger partial charge in [-0.15, -0.1) is 0 Å². The zero-order valence-electron chi connectivity index (χ0n) is 8.49. The normalized spacial score (nSPS) is 26.8. The van der Waals surface area contributed by atoms with Crippen LogP contribution in [0.2, 0.25) is 0 Å². The van der Waals surface area contributed by atoms with E-state index in [-0.39, 0.29) is 6.42 Å². The van der Waals surface area contributed by atoms with Crippen LogP contribution in [0.4, 0.5) is 13.2 Å². The molecular formula is C10H11F3O3. The Morgan fingerprint density at radius 2 is 2.12 bits per heavy atom. The standard InChI is InChI=1S/C10H11F3O3/c1-16-9(5-3-2-4-6-9)7(8(14)15)10(11,12)13/h2-5,7H,6H2,1H3,(H,14,15)/t7?,9-/m1/s1. The molecule has 0 amide bonds. The summed E-state index contributed by atoms with van der Waals surface area (Å²) in [5, 5.41) is 8.70. The van der Waals surface area contributed by atoms with Gasteiger partial charge in [-0.3, -0.25) is 4.79 Å². The van der Waals surface area contributed by atoms with Gasteiger partial charge in [-0.05, 0) is 6.42 Å². The number of carboxylic acid groups (broad SMARTS) is 1. The molecule has 6 heteroatoms. The fraction of sp³-hybridized carbons (Fsp3) is 0.500. The Kier molecular flexibility index (Phi) is 3.42. The molecule has 0 aliphatic heterocycles. The lowest BCUT2D eigenvalue weighted by molar-refractivity contribution is -0.227. The van der Waals surface area contributed by atoms with Crippen LogP contribution in [0, 0.1) is 5.92 Å². The van der Waals surface area contributed by atoms with Crippen LogP contribution in [-0.4, -0.2) is 30.0 Å². The monoisotopic (exact) mass is 236 g/mol. The first-order valence-electron chi connectivity index (χ1n) is 4.52. The molecule has 2 atom stereocenters. The Morgan fingerprint density at radius 3 is 2.44 bits per heavy atom. The predicted molar refractivity (Wildman–Crippen MR) is 49.8 cm³/mol. The van der Waals surface area contributed by atoms with Crippen molar-refractivity contribution < 1.29 is 27.8 Å². The topological polar surface area (TPSA) is 46.5 Å². The highest BCUT2D eigenvalue weighted by molar-refractivity contribution is 5.73. The lowest BCUT2D eigenvalue weighted by Gasteiger charge is -2.36. The van der Waals surface area contributed by atoms with Crippen LogP contribution in [-0.2, 0) is 9.53 Å². The van der Waals surface area contributed by atoms with Gasteiger partial charge >= 0.3 is 12.1 Å². The molecular weight excluding hydrogens is 225 g/mol. The fourth-order valence-corrected chi connectivity index (χ4v) is 1.73. The highest BCUT2D eigenvalue weighted by Gasteiger charge is 2.57. The second-order valence-electron chi connectivity index (χ2n) is 3.46. The van der Waals surface area contributed by atoms with Crippen LogP contribution in [0.3, 0.4) is 0 Å². The number of hydrogen-bond donors (Lipinski definition) is 1. The smallest absolute Gasteiger partial charge is 0.405 e. The molecule has 90 valence electrons. The van der Waals surface area contributed by atoms with Crippen molar-refractivity contribution in [2.24, 2.45) is 5.92 Å². The summed E-state index contributed by atoms with van der Waals surface area (Å²) < 4.78 is 42.8. The van der Waals surface area contributed by atoms with Gasteiger partial charge in [-0.1, -0.05) is 24.3 Å². The first-order chi connectivity index (χ1) is 7.33. The maximum atomic E-state index is 12.7. The number of ether oxygens (including phenoxy) is 1. The number of halogens is 3. The number of allylic oxidation sites excluding steroid dienone is 2. The summed E-state index contributed by atoms with van der Waals surface area (Å²) in [4.78, 5) is 10.8. The van der Waals surface area contributed by atoms with E-state index in [1.165, 1.54) is 12.2 Å². The van der Waals surface area contributed by atoms with Gasteiger partial charge in [0.2, 0.25) is 0 Å². The average molecular weight is 236 g/mol. The lowest BCUT2D eigenvalue weighted by Crippen LogP contribution is -2.50.